The highest BCUT2D eigenvalue weighted by Crippen LogP contribution is 2.31. The van der Waals surface area contributed by atoms with Gasteiger partial charge in [0.2, 0.25) is 5.91 Å². The Hall–Kier alpha value is -1.89. The average Bonchev–Trinajstić information content (AvgIpc) is 3.03. The lowest BCUT2D eigenvalue weighted by Gasteiger charge is -2.17. The lowest BCUT2D eigenvalue weighted by Crippen LogP contribution is -2.22. The average molecular weight is 438 g/mol. The van der Waals surface area contributed by atoms with E-state index in [1.807, 2.05) is 35.7 Å². The monoisotopic (exact) mass is 436 g/mol. The summed E-state index contributed by atoms with van der Waals surface area (Å²) in [5, 5.41) is 3.14. The number of para-hydroxylation sites is 1. The molecule has 1 heterocycles. The van der Waals surface area contributed by atoms with Gasteiger partial charge >= 0.3 is 0 Å². The molecular weight excluding hydrogens is 424 g/mol. The second-order valence-corrected chi connectivity index (χ2v) is 7.30. The van der Waals surface area contributed by atoms with Crippen LogP contribution in [0.2, 0.25) is 5.02 Å². The fourth-order valence-electron chi connectivity index (χ4n) is 2.21. The zero-order valence-electron chi connectivity index (χ0n) is 13.3. The number of benzene rings is 2. The second-order valence-electron chi connectivity index (χ2n) is 5.17. The van der Waals surface area contributed by atoms with Crippen molar-refractivity contribution in [1.29, 1.82) is 0 Å². The Morgan fingerprint density at radius 3 is 2.72 bits per heavy atom. The maximum absolute atomic E-state index is 12.1. The molecule has 1 aromatic heterocycles. The molecule has 3 aromatic rings. The van der Waals surface area contributed by atoms with E-state index in [-0.39, 0.29) is 5.91 Å². The molecule has 25 heavy (non-hydrogen) atoms. The molecule has 0 fully saturated rings. The first-order chi connectivity index (χ1) is 12.0. The molecule has 0 N–H and O–H groups in total. The van der Waals surface area contributed by atoms with Gasteiger partial charge in [0.25, 0.3) is 0 Å². The van der Waals surface area contributed by atoms with Crippen molar-refractivity contribution in [2.45, 2.75) is 13.5 Å². The van der Waals surface area contributed by atoms with Gasteiger partial charge in [-0.25, -0.2) is 4.98 Å². The van der Waals surface area contributed by atoms with Gasteiger partial charge in [-0.3, -0.25) is 9.69 Å². The van der Waals surface area contributed by atoms with Gasteiger partial charge in [0.15, 0.2) is 5.13 Å². The topological polar surface area (TPSA) is 42.4 Å². The normalized spacial score (nSPS) is 10.5. The van der Waals surface area contributed by atoms with Crippen molar-refractivity contribution in [1.82, 2.24) is 4.98 Å². The third kappa shape index (κ3) is 4.39. The lowest BCUT2D eigenvalue weighted by molar-refractivity contribution is -0.115. The fourth-order valence-corrected chi connectivity index (χ4v) is 3.88. The molecule has 0 atom stereocenters. The molecule has 1 amide bonds. The minimum absolute atomic E-state index is 0.0894. The van der Waals surface area contributed by atoms with Crippen LogP contribution >= 0.6 is 38.9 Å². The summed E-state index contributed by atoms with van der Waals surface area (Å²) in [6.45, 7) is 1.83. The summed E-state index contributed by atoms with van der Waals surface area (Å²) in [6, 6.07) is 14.8. The zero-order valence-corrected chi connectivity index (χ0v) is 16.4. The van der Waals surface area contributed by atoms with Crippen molar-refractivity contribution in [3.63, 3.8) is 0 Å². The fraction of sp³-hybridized carbons (Fsp3) is 0.111. The highest BCUT2D eigenvalue weighted by Gasteiger charge is 2.17. The summed E-state index contributed by atoms with van der Waals surface area (Å²) in [7, 11) is 0. The minimum Gasteiger partial charge on any atom is -0.486 e. The van der Waals surface area contributed by atoms with Crippen LogP contribution < -0.4 is 9.64 Å². The van der Waals surface area contributed by atoms with E-state index in [1.54, 1.807) is 23.1 Å². The standard InChI is InChI=1S/C18H14BrClN2O2S/c1-12(23)22(15-5-3-2-4-6-15)18-21-14(11-25-18)10-24-17-8-7-13(20)9-16(17)19/h2-9,11H,10H2,1H3. The Kier molecular flexibility index (Phi) is 5.73. The van der Waals surface area contributed by atoms with Gasteiger partial charge < -0.3 is 4.74 Å². The number of halogens is 2. The number of thiazole rings is 1. The first-order valence-electron chi connectivity index (χ1n) is 7.42. The van der Waals surface area contributed by atoms with E-state index < -0.39 is 0 Å². The predicted octanol–water partition coefficient (Wildman–Crippen LogP) is 5.82. The van der Waals surface area contributed by atoms with E-state index in [0.717, 1.165) is 15.9 Å². The molecule has 0 aliphatic heterocycles. The van der Waals surface area contributed by atoms with E-state index in [9.17, 15) is 4.79 Å². The SMILES string of the molecule is CC(=O)N(c1ccccc1)c1nc(COc2ccc(Cl)cc2Br)cs1. The van der Waals surface area contributed by atoms with Crippen LogP contribution in [0.1, 0.15) is 12.6 Å². The van der Waals surface area contributed by atoms with Crippen LogP contribution in [-0.2, 0) is 11.4 Å². The molecule has 0 aliphatic carbocycles. The molecule has 0 saturated heterocycles. The van der Waals surface area contributed by atoms with Crippen LogP contribution in [0, 0.1) is 0 Å². The third-order valence-corrected chi connectivity index (χ3v) is 5.06. The smallest absolute Gasteiger partial charge is 0.230 e. The number of hydrogen-bond acceptors (Lipinski definition) is 4. The Labute approximate surface area is 163 Å². The van der Waals surface area contributed by atoms with E-state index in [0.29, 0.717) is 22.5 Å². The number of amides is 1. The first kappa shape index (κ1) is 17.9. The van der Waals surface area contributed by atoms with E-state index in [1.165, 1.54) is 18.3 Å². The van der Waals surface area contributed by atoms with Gasteiger partial charge in [0, 0.05) is 17.3 Å². The van der Waals surface area contributed by atoms with Crippen LogP contribution in [0.5, 0.6) is 5.75 Å². The second kappa shape index (κ2) is 7.99. The Morgan fingerprint density at radius 2 is 2.04 bits per heavy atom. The highest BCUT2D eigenvalue weighted by atomic mass is 79.9. The van der Waals surface area contributed by atoms with Gasteiger partial charge in [-0.1, -0.05) is 29.8 Å². The van der Waals surface area contributed by atoms with Gasteiger partial charge in [-0.05, 0) is 46.3 Å². The van der Waals surface area contributed by atoms with Crippen molar-refractivity contribution < 1.29 is 9.53 Å². The van der Waals surface area contributed by atoms with Crippen LogP contribution in [0.3, 0.4) is 0 Å². The molecule has 0 unspecified atom stereocenters. The van der Waals surface area contributed by atoms with Gasteiger partial charge in [-0.15, -0.1) is 11.3 Å². The first-order valence-corrected chi connectivity index (χ1v) is 9.47. The molecule has 0 bridgehead atoms. The number of ether oxygens (including phenoxy) is 1. The number of rotatable bonds is 5. The number of aromatic nitrogens is 1. The molecule has 0 radical (unpaired) electrons. The van der Waals surface area contributed by atoms with E-state index >= 15 is 0 Å². The number of hydrogen-bond donors (Lipinski definition) is 0. The van der Waals surface area contributed by atoms with Gasteiger partial charge in [-0.2, -0.15) is 0 Å². The highest BCUT2D eigenvalue weighted by molar-refractivity contribution is 9.10. The largest absolute Gasteiger partial charge is 0.486 e. The molecule has 4 nitrogen and oxygen atoms in total. The molecule has 7 heteroatoms. The van der Waals surface area contributed by atoms with Crippen molar-refractivity contribution in [2.24, 2.45) is 0 Å². The molecule has 0 spiro atoms. The van der Waals surface area contributed by atoms with Crippen molar-refractivity contribution in [3.05, 3.63) is 69.1 Å². The van der Waals surface area contributed by atoms with Crippen molar-refractivity contribution in [3.8, 4) is 5.75 Å². The Morgan fingerprint density at radius 1 is 1.28 bits per heavy atom. The van der Waals surface area contributed by atoms with Crippen molar-refractivity contribution in [2.75, 3.05) is 4.90 Å². The summed E-state index contributed by atoms with van der Waals surface area (Å²) in [5.74, 6) is 0.596. The van der Waals surface area contributed by atoms with E-state index in [2.05, 4.69) is 20.9 Å². The number of carbonyl (C=O) groups is 1. The van der Waals surface area contributed by atoms with Gasteiger partial charge in [0.05, 0.1) is 15.9 Å². The van der Waals surface area contributed by atoms with E-state index in [4.69, 9.17) is 16.3 Å². The molecular formula is C18H14BrClN2O2S. The summed E-state index contributed by atoms with van der Waals surface area (Å²) in [6.07, 6.45) is 0. The maximum Gasteiger partial charge on any atom is 0.230 e. The summed E-state index contributed by atoms with van der Waals surface area (Å²) < 4.78 is 6.55. The Bertz CT molecular complexity index is 886. The minimum atomic E-state index is -0.0894. The van der Waals surface area contributed by atoms with Crippen LogP contribution in [-0.4, -0.2) is 10.9 Å². The number of carbonyl (C=O) groups excluding carboxylic acids is 1. The molecule has 2 aromatic carbocycles. The van der Waals surface area contributed by atoms with Gasteiger partial charge in [0.1, 0.15) is 12.4 Å². The van der Waals surface area contributed by atoms with Crippen LogP contribution in [0.4, 0.5) is 10.8 Å². The number of anilines is 2. The summed E-state index contributed by atoms with van der Waals surface area (Å²) in [5.41, 5.74) is 1.54. The van der Waals surface area contributed by atoms with Crippen LogP contribution in [0.25, 0.3) is 0 Å². The Balaban J connectivity index is 1.76. The summed E-state index contributed by atoms with van der Waals surface area (Å²) >= 11 is 10.7. The molecule has 3 rings (SSSR count). The predicted molar refractivity (Wildman–Crippen MR) is 105 cm³/mol. The quantitative estimate of drug-likeness (QED) is 0.505. The molecule has 128 valence electrons. The summed E-state index contributed by atoms with van der Waals surface area (Å²) in [4.78, 5) is 18.2. The lowest BCUT2D eigenvalue weighted by atomic mass is 10.3. The maximum atomic E-state index is 12.1. The zero-order chi connectivity index (χ0) is 17.8. The molecule has 0 saturated carbocycles. The molecule has 0 aliphatic rings. The van der Waals surface area contributed by atoms with Crippen LogP contribution in [0.15, 0.2) is 58.4 Å². The number of nitrogens with zero attached hydrogens (tertiary/aromatic N) is 2. The van der Waals surface area contributed by atoms with Crippen molar-refractivity contribution >= 4 is 55.6 Å². The third-order valence-electron chi connectivity index (χ3n) is 3.33.